The van der Waals surface area contributed by atoms with Crippen LogP contribution in [0.25, 0.3) is 0 Å². The zero-order valence-corrected chi connectivity index (χ0v) is 12.4. The predicted octanol–water partition coefficient (Wildman–Crippen LogP) is 2.32. The minimum Gasteiger partial charge on any atom is -0.320 e. The Morgan fingerprint density at radius 2 is 2.44 bits per heavy atom. The second-order valence-electron chi connectivity index (χ2n) is 5.06. The van der Waals surface area contributed by atoms with Crippen LogP contribution in [-0.4, -0.2) is 42.6 Å². The number of likely N-dealkylation sites (N-methyl/N-ethyl adjacent to an activating group) is 1. The Labute approximate surface area is 115 Å². The van der Waals surface area contributed by atoms with Gasteiger partial charge in [-0.25, -0.2) is 4.98 Å². The van der Waals surface area contributed by atoms with Gasteiger partial charge in [0.1, 0.15) is 0 Å². The lowest BCUT2D eigenvalue weighted by Crippen LogP contribution is -2.30. The van der Waals surface area contributed by atoms with Gasteiger partial charge in [0.05, 0.1) is 5.01 Å². The second-order valence-corrected chi connectivity index (χ2v) is 6.26. The summed E-state index contributed by atoms with van der Waals surface area (Å²) in [6.07, 6.45) is 8.33. The molecular weight excluding hydrogens is 242 g/mol. The number of likely N-dealkylation sites (tertiary alicyclic amines) is 1. The van der Waals surface area contributed by atoms with Gasteiger partial charge in [0.15, 0.2) is 0 Å². The summed E-state index contributed by atoms with van der Waals surface area (Å²) in [4.78, 5) is 8.64. The molecule has 1 aliphatic rings. The van der Waals surface area contributed by atoms with E-state index in [0.717, 1.165) is 19.0 Å². The lowest BCUT2D eigenvalue weighted by atomic mass is 10.1. The molecule has 0 aromatic carbocycles. The first-order chi connectivity index (χ1) is 8.83. The summed E-state index contributed by atoms with van der Waals surface area (Å²) in [5.41, 5.74) is 0. The van der Waals surface area contributed by atoms with Crippen molar-refractivity contribution in [1.29, 1.82) is 0 Å². The van der Waals surface area contributed by atoms with E-state index in [1.54, 1.807) is 0 Å². The van der Waals surface area contributed by atoms with E-state index < -0.39 is 0 Å². The molecule has 0 spiro atoms. The largest absolute Gasteiger partial charge is 0.320 e. The highest BCUT2D eigenvalue weighted by Gasteiger charge is 2.23. The van der Waals surface area contributed by atoms with E-state index in [-0.39, 0.29) is 0 Å². The van der Waals surface area contributed by atoms with Gasteiger partial charge < -0.3 is 10.2 Å². The van der Waals surface area contributed by atoms with Gasteiger partial charge in [0, 0.05) is 23.5 Å². The van der Waals surface area contributed by atoms with Gasteiger partial charge in [-0.3, -0.25) is 0 Å². The van der Waals surface area contributed by atoms with Crippen molar-refractivity contribution in [2.45, 2.75) is 45.1 Å². The number of rotatable bonds is 7. The molecule has 18 heavy (non-hydrogen) atoms. The molecule has 1 atom stereocenters. The van der Waals surface area contributed by atoms with Gasteiger partial charge in [-0.05, 0) is 52.4 Å². The van der Waals surface area contributed by atoms with Crippen molar-refractivity contribution in [3.8, 4) is 0 Å². The van der Waals surface area contributed by atoms with Crippen molar-refractivity contribution in [3.63, 3.8) is 0 Å². The van der Waals surface area contributed by atoms with E-state index in [4.69, 9.17) is 0 Å². The van der Waals surface area contributed by atoms with Gasteiger partial charge in [0.25, 0.3) is 0 Å². The molecular formula is C14H25N3S. The monoisotopic (exact) mass is 267 g/mol. The standard InChI is InChI=1S/C14H25N3S/c1-3-17-9-5-6-12(17)10-14-16-11-13(18-14)7-4-8-15-2/h11-12,15H,3-10H2,1-2H3. The van der Waals surface area contributed by atoms with Gasteiger partial charge >= 0.3 is 0 Å². The van der Waals surface area contributed by atoms with Crippen molar-refractivity contribution in [2.75, 3.05) is 26.7 Å². The molecule has 1 aromatic rings. The van der Waals surface area contributed by atoms with Crippen molar-refractivity contribution in [2.24, 2.45) is 0 Å². The van der Waals surface area contributed by atoms with Crippen LogP contribution in [-0.2, 0) is 12.8 Å². The number of nitrogens with zero attached hydrogens (tertiary/aromatic N) is 2. The number of aryl methyl sites for hydroxylation is 1. The molecule has 1 aliphatic heterocycles. The van der Waals surface area contributed by atoms with E-state index in [9.17, 15) is 0 Å². The minimum absolute atomic E-state index is 0.742. The summed E-state index contributed by atoms with van der Waals surface area (Å²) < 4.78 is 0. The van der Waals surface area contributed by atoms with Crippen LogP contribution < -0.4 is 5.32 Å². The molecule has 1 saturated heterocycles. The van der Waals surface area contributed by atoms with Gasteiger partial charge in [0.2, 0.25) is 0 Å². The fraction of sp³-hybridized carbons (Fsp3) is 0.786. The molecule has 2 rings (SSSR count). The quantitative estimate of drug-likeness (QED) is 0.769. The Kier molecular flexibility index (Phi) is 5.60. The number of hydrogen-bond acceptors (Lipinski definition) is 4. The van der Waals surface area contributed by atoms with Crippen LogP contribution in [0.2, 0.25) is 0 Å². The molecule has 1 fully saturated rings. The van der Waals surface area contributed by atoms with E-state index in [1.807, 2.05) is 18.4 Å². The van der Waals surface area contributed by atoms with Gasteiger partial charge in [-0.1, -0.05) is 6.92 Å². The predicted molar refractivity (Wildman–Crippen MR) is 78.3 cm³/mol. The van der Waals surface area contributed by atoms with Crippen molar-refractivity contribution >= 4 is 11.3 Å². The number of aromatic nitrogens is 1. The highest BCUT2D eigenvalue weighted by Crippen LogP contribution is 2.23. The molecule has 0 saturated carbocycles. The second kappa shape index (κ2) is 7.22. The molecule has 0 radical (unpaired) electrons. The maximum Gasteiger partial charge on any atom is 0.0943 e. The summed E-state index contributed by atoms with van der Waals surface area (Å²) in [6.45, 7) is 5.83. The van der Waals surface area contributed by atoms with Crippen LogP contribution >= 0.6 is 11.3 Å². The zero-order valence-electron chi connectivity index (χ0n) is 11.6. The lowest BCUT2D eigenvalue weighted by molar-refractivity contribution is 0.266. The Morgan fingerprint density at radius 3 is 3.22 bits per heavy atom. The van der Waals surface area contributed by atoms with E-state index >= 15 is 0 Å². The molecule has 4 heteroatoms. The van der Waals surface area contributed by atoms with Crippen LogP contribution in [0.1, 0.15) is 36.1 Å². The highest BCUT2D eigenvalue weighted by atomic mass is 32.1. The van der Waals surface area contributed by atoms with Crippen molar-refractivity contribution in [3.05, 3.63) is 16.1 Å². The Morgan fingerprint density at radius 1 is 1.56 bits per heavy atom. The Hall–Kier alpha value is -0.450. The fourth-order valence-corrected chi connectivity index (χ4v) is 3.78. The molecule has 0 aliphatic carbocycles. The molecule has 1 unspecified atom stereocenters. The lowest BCUT2D eigenvalue weighted by Gasteiger charge is -2.21. The first-order valence-corrected chi connectivity index (χ1v) is 7.97. The Bertz CT molecular complexity index is 351. The van der Waals surface area contributed by atoms with Crippen LogP contribution in [0.15, 0.2) is 6.20 Å². The highest BCUT2D eigenvalue weighted by molar-refractivity contribution is 7.11. The topological polar surface area (TPSA) is 28.2 Å². The fourth-order valence-electron chi connectivity index (χ4n) is 2.74. The van der Waals surface area contributed by atoms with Gasteiger partial charge in [-0.2, -0.15) is 0 Å². The molecule has 0 amide bonds. The third-order valence-electron chi connectivity index (χ3n) is 3.77. The summed E-state index contributed by atoms with van der Waals surface area (Å²) in [5, 5.41) is 4.53. The van der Waals surface area contributed by atoms with Crippen LogP contribution in [0.3, 0.4) is 0 Å². The minimum atomic E-state index is 0.742. The van der Waals surface area contributed by atoms with E-state index in [2.05, 4.69) is 28.3 Å². The van der Waals surface area contributed by atoms with Crippen LogP contribution in [0, 0.1) is 0 Å². The third-order valence-corrected chi connectivity index (χ3v) is 4.85. The van der Waals surface area contributed by atoms with E-state index in [0.29, 0.717) is 0 Å². The van der Waals surface area contributed by atoms with E-state index in [1.165, 1.54) is 48.7 Å². The Balaban J connectivity index is 1.82. The van der Waals surface area contributed by atoms with Crippen LogP contribution in [0.4, 0.5) is 0 Å². The number of nitrogens with one attached hydrogen (secondary N) is 1. The summed E-state index contributed by atoms with van der Waals surface area (Å²) in [5.74, 6) is 0. The zero-order chi connectivity index (χ0) is 12.8. The third kappa shape index (κ3) is 3.77. The normalized spacial score (nSPS) is 20.7. The summed E-state index contributed by atoms with van der Waals surface area (Å²) >= 11 is 1.92. The first-order valence-electron chi connectivity index (χ1n) is 7.15. The number of thiazole rings is 1. The summed E-state index contributed by atoms with van der Waals surface area (Å²) in [7, 11) is 2.01. The van der Waals surface area contributed by atoms with Crippen molar-refractivity contribution < 1.29 is 0 Å². The van der Waals surface area contributed by atoms with Gasteiger partial charge in [-0.15, -0.1) is 11.3 Å². The molecule has 1 N–H and O–H groups in total. The molecule has 2 heterocycles. The molecule has 1 aromatic heterocycles. The first kappa shape index (κ1) is 14.0. The number of hydrogen-bond donors (Lipinski definition) is 1. The average Bonchev–Trinajstić information content (AvgIpc) is 2.99. The van der Waals surface area contributed by atoms with Crippen LogP contribution in [0.5, 0.6) is 0 Å². The molecule has 0 bridgehead atoms. The smallest absolute Gasteiger partial charge is 0.0943 e. The maximum absolute atomic E-state index is 4.60. The summed E-state index contributed by atoms with van der Waals surface area (Å²) in [6, 6.07) is 0.742. The molecule has 3 nitrogen and oxygen atoms in total. The average molecular weight is 267 g/mol. The SMILES string of the molecule is CCN1CCCC1Cc1ncc(CCCNC)s1. The maximum atomic E-state index is 4.60. The van der Waals surface area contributed by atoms with Crippen molar-refractivity contribution in [1.82, 2.24) is 15.2 Å². The molecule has 102 valence electrons.